The maximum absolute atomic E-state index is 8.58. The van der Waals surface area contributed by atoms with Crippen molar-refractivity contribution in [1.29, 1.82) is 0 Å². The quantitative estimate of drug-likeness (QED) is 0.691. The fourth-order valence-corrected chi connectivity index (χ4v) is 1.14. The summed E-state index contributed by atoms with van der Waals surface area (Å²) in [4.78, 5) is 4.18. The number of nitrogens with one attached hydrogen (secondary N) is 1. The number of nitrogens with zero attached hydrogens (tertiary/aromatic N) is 1. The average molecular weight is 210 g/mol. The number of hydrogen-bond donors (Lipinski definition) is 2. The van der Waals surface area contributed by atoms with Gasteiger partial charge < -0.3 is 15.2 Å². The number of ether oxygens (including phenoxy) is 1. The van der Waals surface area contributed by atoms with Crippen LogP contribution in [0.5, 0.6) is 5.88 Å². The van der Waals surface area contributed by atoms with Crippen molar-refractivity contribution in [3.8, 4) is 5.88 Å². The first-order valence-corrected chi connectivity index (χ1v) is 5.14. The molecule has 4 nitrogen and oxygen atoms in total. The molecule has 0 amide bonds. The topological polar surface area (TPSA) is 54.4 Å². The Hall–Kier alpha value is -1.13. The molecular weight excluding hydrogens is 192 g/mol. The average Bonchev–Trinajstić information content (AvgIpc) is 2.29. The van der Waals surface area contributed by atoms with E-state index in [0.29, 0.717) is 24.9 Å². The van der Waals surface area contributed by atoms with E-state index in [4.69, 9.17) is 9.84 Å². The maximum atomic E-state index is 8.58. The Labute approximate surface area is 90.3 Å². The lowest BCUT2D eigenvalue weighted by atomic mass is 10.1. The fourth-order valence-electron chi connectivity index (χ4n) is 1.14. The highest BCUT2D eigenvalue weighted by Crippen LogP contribution is 2.13. The molecule has 1 atom stereocenters. The van der Waals surface area contributed by atoms with Crippen molar-refractivity contribution in [2.75, 3.05) is 20.3 Å². The second kappa shape index (κ2) is 6.37. The van der Waals surface area contributed by atoms with Crippen LogP contribution in [0.3, 0.4) is 0 Å². The van der Waals surface area contributed by atoms with Gasteiger partial charge in [-0.05, 0) is 19.5 Å². The van der Waals surface area contributed by atoms with Crippen molar-refractivity contribution in [2.45, 2.75) is 19.4 Å². The third kappa shape index (κ3) is 3.85. The highest BCUT2D eigenvalue weighted by Gasteiger charge is 2.02. The first-order chi connectivity index (χ1) is 7.27. The van der Waals surface area contributed by atoms with Crippen LogP contribution < -0.4 is 10.1 Å². The molecule has 0 aromatic carbocycles. The summed E-state index contributed by atoms with van der Waals surface area (Å²) >= 11 is 0. The Morgan fingerprint density at radius 2 is 2.33 bits per heavy atom. The number of aliphatic hydroxyl groups is 1. The summed E-state index contributed by atoms with van der Waals surface area (Å²) in [5, 5.41) is 11.7. The van der Waals surface area contributed by atoms with Gasteiger partial charge in [-0.3, -0.25) is 0 Å². The number of rotatable bonds is 6. The van der Waals surface area contributed by atoms with Crippen LogP contribution in [-0.2, 0) is 0 Å². The second-order valence-electron chi connectivity index (χ2n) is 3.37. The van der Waals surface area contributed by atoms with Gasteiger partial charge in [-0.15, -0.1) is 0 Å². The van der Waals surface area contributed by atoms with Crippen LogP contribution in [0.25, 0.3) is 0 Å². The fraction of sp³-hybridized carbons (Fsp3) is 0.545. The molecule has 0 aliphatic heterocycles. The molecule has 0 aliphatic carbocycles. The summed E-state index contributed by atoms with van der Waals surface area (Å²) in [5.41, 5.74) is 1.13. The summed E-state index contributed by atoms with van der Waals surface area (Å²) in [6.07, 6.45) is 2.44. The summed E-state index contributed by atoms with van der Waals surface area (Å²) in [5.74, 6) is 0.607. The van der Waals surface area contributed by atoms with Gasteiger partial charge in [0.1, 0.15) is 0 Å². The third-order valence-electron chi connectivity index (χ3n) is 2.24. The smallest absolute Gasteiger partial charge is 0.213 e. The lowest BCUT2D eigenvalue weighted by Crippen LogP contribution is -2.12. The van der Waals surface area contributed by atoms with E-state index in [0.717, 1.165) is 5.56 Å². The van der Waals surface area contributed by atoms with Crippen molar-refractivity contribution < 1.29 is 9.84 Å². The molecule has 0 radical (unpaired) electrons. The zero-order chi connectivity index (χ0) is 11.1. The Morgan fingerprint density at radius 1 is 1.53 bits per heavy atom. The van der Waals surface area contributed by atoms with Crippen LogP contribution in [0.4, 0.5) is 0 Å². The molecule has 1 aromatic rings. The summed E-state index contributed by atoms with van der Waals surface area (Å²) in [7, 11) is 1.91. The highest BCUT2D eigenvalue weighted by molar-refractivity contribution is 5.20. The minimum absolute atomic E-state index is 0.148. The van der Waals surface area contributed by atoms with E-state index in [9.17, 15) is 0 Å². The van der Waals surface area contributed by atoms with Crippen LogP contribution in [0.2, 0.25) is 0 Å². The van der Waals surface area contributed by atoms with E-state index in [-0.39, 0.29) is 6.61 Å². The monoisotopic (exact) mass is 210 g/mol. The lowest BCUT2D eigenvalue weighted by molar-refractivity contribution is 0.229. The normalized spacial score (nSPS) is 12.5. The number of hydrogen-bond acceptors (Lipinski definition) is 4. The number of aliphatic hydroxyl groups excluding tert-OH is 1. The maximum Gasteiger partial charge on any atom is 0.213 e. The highest BCUT2D eigenvalue weighted by atomic mass is 16.5. The predicted molar refractivity (Wildman–Crippen MR) is 58.9 cm³/mol. The minimum Gasteiger partial charge on any atom is -0.478 e. The van der Waals surface area contributed by atoms with Gasteiger partial charge in [-0.2, -0.15) is 0 Å². The molecule has 0 aliphatic rings. The standard InChI is InChI=1S/C11H18N2O2/c1-9(12-2)10-4-5-11(13-8-10)15-7-3-6-14/h4-5,8-9,12,14H,3,6-7H2,1-2H3. The van der Waals surface area contributed by atoms with Gasteiger partial charge in [0.25, 0.3) is 0 Å². The summed E-state index contributed by atoms with van der Waals surface area (Å²) < 4.78 is 5.32. The van der Waals surface area contributed by atoms with Crippen LogP contribution in [0.15, 0.2) is 18.3 Å². The first kappa shape index (κ1) is 11.9. The lowest BCUT2D eigenvalue weighted by Gasteiger charge is -2.10. The first-order valence-electron chi connectivity index (χ1n) is 5.14. The molecule has 0 saturated carbocycles. The summed E-state index contributed by atoms with van der Waals surface area (Å²) in [6.45, 7) is 2.72. The van der Waals surface area contributed by atoms with Gasteiger partial charge in [0.05, 0.1) is 6.61 Å². The van der Waals surface area contributed by atoms with Crippen LogP contribution in [0.1, 0.15) is 24.9 Å². The van der Waals surface area contributed by atoms with Gasteiger partial charge in [0.2, 0.25) is 5.88 Å². The molecule has 15 heavy (non-hydrogen) atoms. The zero-order valence-corrected chi connectivity index (χ0v) is 9.23. The Kier molecular flexibility index (Phi) is 5.07. The molecule has 0 bridgehead atoms. The van der Waals surface area contributed by atoms with E-state index in [1.54, 1.807) is 6.20 Å². The second-order valence-corrected chi connectivity index (χ2v) is 3.37. The van der Waals surface area contributed by atoms with Gasteiger partial charge >= 0.3 is 0 Å². The van der Waals surface area contributed by atoms with Gasteiger partial charge in [-0.25, -0.2) is 4.98 Å². The molecule has 4 heteroatoms. The van der Waals surface area contributed by atoms with E-state index >= 15 is 0 Å². The molecule has 0 spiro atoms. The molecule has 0 saturated heterocycles. The van der Waals surface area contributed by atoms with E-state index < -0.39 is 0 Å². The molecule has 1 rings (SSSR count). The number of pyridine rings is 1. The third-order valence-corrected chi connectivity index (χ3v) is 2.24. The van der Waals surface area contributed by atoms with Crippen molar-refractivity contribution in [1.82, 2.24) is 10.3 Å². The van der Waals surface area contributed by atoms with Crippen molar-refractivity contribution >= 4 is 0 Å². The van der Waals surface area contributed by atoms with Crippen LogP contribution in [-0.4, -0.2) is 30.4 Å². The Bertz CT molecular complexity index is 274. The van der Waals surface area contributed by atoms with Crippen molar-refractivity contribution in [3.05, 3.63) is 23.9 Å². The van der Waals surface area contributed by atoms with E-state index in [1.165, 1.54) is 0 Å². The largest absolute Gasteiger partial charge is 0.478 e. The SMILES string of the molecule is CNC(C)c1ccc(OCCCO)nc1. The number of aromatic nitrogens is 1. The predicted octanol–water partition coefficient (Wildman–Crippen LogP) is 1.12. The van der Waals surface area contributed by atoms with Gasteiger partial charge in [0.15, 0.2) is 0 Å². The van der Waals surface area contributed by atoms with Gasteiger partial charge in [-0.1, -0.05) is 6.07 Å². The Balaban J connectivity index is 2.49. The van der Waals surface area contributed by atoms with Crippen molar-refractivity contribution in [3.63, 3.8) is 0 Å². The van der Waals surface area contributed by atoms with E-state index in [2.05, 4.69) is 17.2 Å². The van der Waals surface area contributed by atoms with Crippen LogP contribution >= 0.6 is 0 Å². The zero-order valence-electron chi connectivity index (χ0n) is 9.23. The molecular formula is C11H18N2O2. The molecule has 84 valence electrons. The Morgan fingerprint density at radius 3 is 2.87 bits per heavy atom. The molecule has 1 heterocycles. The molecule has 1 aromatic heterocycles. The summed E-state index contributed by atoms with van der Waals surface area (Å²) in [6, 6.07) is 4.13. The minimum atomic E-state index is 0.148. The van der Waals surface area contributed by atoms with E-state index in [1.807, 2.05) is 19.2 Å². The molecule has 1 unspecified atom stereocenters. The van der Waals surface area contributed by atoms with Crippen molar-refractivity contribution in [2.24, 2.45) is 0 Å². The molecule has 0 fully saturated rings. The van der Waals surface area contributed by atoms with Crippen LogP contribution in [0, 0.1) is 0 Å². The van der Waals surface area contributed by atoms with Gasteiger partial charge in [0, 0.05) is 31.3 Å². The molecule has 2 N–H and O–H groups in total.